The third kappa shape index (κ3) is 2.59. The number of hydrogen-bond donors (Lipinski definition) is 0. The fraction of sp³-hybridized carbons (Fsp3) is 0.500. The van der Waals surface area contributed by atoms with E-state index in [0.29, 0.717) is 17.9 Å². The molecule has 5 nitrogen and oxygen atoms in total. The first-order valence-electron chi connectivity index (χ1n) is 7.41. The molecule has 0 radical (unpaired) electrons. The third-order valence-corrected chi connectivity index (χ3v) is 5.13. The number of rotatable bonds is 2. The molecular formula is C16H19BrN2O3. The van der Waals surface area contributed by atoms with Gasteiger partial charge in [-0.15, -0.1) is 0 Å². The SMILES string of the molecule is Cc1ccc2c(c1Br)C(=O)C(=O)N2CN1C[C@@H](C)O[C@H](C)C1. The minimum Gasteiger partial charge on any atom is -0.373 e. The van der Waals surface area contributed by atoms with Gasteiger partial charge in [0.15, 0.2) is 0 Å². The molecule has 0 saturated carbocycles. The van der Waals surface area contributed by atoms with Crippen LogP contribution >= 0.6 is 15.9 Å². The van der Waals surface area contributed by atoms with Gasteiger partial charge in [0, 0.05) is 17.6 Å². The van der Waals surface area contributed by atoms with Crippen LogP contribution in [0.2, 0.25) is 0 Å². The second kappa shape index (κ2) is 5.76. The molecule has 2 aliphatic heterocycles. The summed E-state index contributed by atoms with van der Waals surface area (Å²) in [6, 6.07) is 3.78. The van der Waals surface area contributed by atoms with Crippen molar-refractivity contribution >= 4 is 33.3 Å². The van der Waals surface area contributed by atoms with Crippen LogP contribution in [-0.4, -0.2) is 48.6 Å². The summed E-state index contributed by atoms with van der Waals surface area (Å²) in [6.07, 6.45) is 0.253. The Morgan fingerprint density at radius 2 is 1.86 bits per heavy atom. The molecular weight excluding hydrogens is 348 g/mol. The van der Waals surface area contributed by atoms with Crippen molar-refractivity contribution in [2.24, 2.45) is 0 Å². The number of Topliss-reactive ketones (excluding diaryl/α,β-unsaturated/α-hetero) is 1. The zero-order chi connectivity index (χ0) is 16.0. The highest BCUT2D eigenvalue weighted by atomic mass is 79.9. The lowest BCUT2D eigenvalue weighted by Gasteiger charge is -2.37. The predicted octanol–water partition coefficient (Wildman–Crippen LogP) is 2.35. The van der Waals surface area contributed by atoms with Crippen LogP contribution in [0.25, 0.3) is 0 Å². The van der Waals surface area contributed by atoms with E-state index < -0.39 is 11.7 Å². The minimum atomic E-state index is -0.451. The molecule has 1 aromatic carbocycles. The predicted molar refractivity (Wildman–Crippen MR) is 87.1 cm³/mol. The maximum Gasteiger partial charge on any atom is 0.300 e. The van der Waals surface area contributed by atoms with Gasteiger partial charge in [-0.05, 0) is 48.3 Å². The maximum atomic E-state index is 12.4. The number of carbonyl (C=O) groups excluding carboxylic acids is 2. The number of benzene rings is 1. The topological polar surface area (TPSA) is 49.9 Å². The zero-order valence-corrected chi connectivity index (χ0v) is 14.5. The normalized spacial score (nSPS) is 25.7. The van der Waals surface area contributed by atoms with Gasteiger partial charge >= 0.3 is 5.91 Å². The van der Waals surface area contributed by atoms with Gasteiger partial charge in [-0.25, -0.2) is 0 Å². The van der Waals surface area contributed by atoms with E-state index in [1.807, 2.05) is 32.9 Å². The molecule has 1 saturated heterocycles. The van der Waals surface area contributed by atoms with Crippen LogP contribution in [0.5, 0.6) is 0 Å². The smallest absolute Gasteiger partial charge is 0.300 e. The highest BCUT2D eigenvalue weighted by Gasteiger charge is 2.39. The molecule has 2 aliphatic rings. The Morgan fingerprint density at radius 3 is 2.50 bits per heavy atom. The quantitative estimate of drug-likeness (QED) is 0.753. The molecule has 2 heterocycles. The first kappa shape index (κ1) is 15.6. The number of ketones is 1. The van der Waals surface area contributed by atoms with Crippen molar-refractivity contribution in [1.29, 1.82) is 0 Å². The lowest BCUT2D eigenvalue weighted by Crippen LogP contribution is -2.50. The molecule has 3 rings (SSSR count). The molecule has 1 aromatic rings. The first-order valence-corrected chi connectivity index (χ1v) is 8.21. The van der Waals surface area contributed by atoms with E-state index in [9.17, 15) is 9.59 Å². The van der Waals surface area contributed by atoms with Crippen molar-refractivity contribution in [3.63, 3.8) is 0 Å². The number of hydrogen-bond acceptors (Lipinski definition) is 4. The number of ether oxygens (including phenoxy) is 1. The average molecular weight is 367 g/mol. The maximum absolute atomic E-state index is 12.4. The Morgan fingerprint density at radius 1 is 1.23 bits per heavy atom. The number of morpholine rings is 1. The van der Waals surface area contributed by atoms with Crippen molar-refractivity contribution in [3.05, 3.63) is 27.7 Å². The van der Waals surface area contributed by atoms with Gasteiger partial charge in [-0.1, -0.05) is 6.07 Å². The van der Waals surface area contributed by atoms with Crippen LogP contribution in [0.1, 0.15) is 29.8 Å². The summed E-state index contributed by atoms with van der Waals surface area (Å²) in [5, 5.41) is 0. The van der Waals surface area contributed by atoms with Crippen LogP contribution < -0.4 is 4.90 Å². The Labute approximate surface area is 138 Å². The highest BCUT2D eigenvalue weighted by Crippen LogP contribution is 2.36. The number of anilines is 1. The van der Waals surface area contributed by atoms with Crippen molar-refractivity contribution < 1.29 is 14.3 Å². The number of nitrogens with zero attached hydrogens (tertiary/aromatic N) is 2. The summed E-state index contributed by atoms with van der Waals surface area (Å²) in [7, 11) is 0. The van der Waals surface area contributed by atoms with Gasteiger partial charge in [0.05, 0.1) is 30.1 Å². The Hall–Kier alpha value is -1.24. The summed E-state index contributed by atoms with van der Waals surface area (Å²) in [6.45, 7) is 7.89. The van der Waals surface area contributed by atoms with E-state index in [0.717, 1.165) is 23.1 Å². The van der Waals surface area contributed by atoms with Gasteiger partial charge < -0.3 is 4.74 Å². The second-order valence-electron chi connectivity index (χ2n) is 6.09. The molecule has 1 amide bonds. The Balaban J connectivity index is 1.89. The largest absolute Gasteiger partial charge is 0.373 e. The van der Waals surface area contributed by atoms with Gasteiger partial charge in [0.2, 0.25) is 0 Å². The van der Waals surface area contributed by atoms with E-state index in [1.54, 1.807) is 4.90 Å². The molecule has 0 aliphatic carbocycles. The van der Waals surface area contributed by atoms with E-state index >= 15 is 0 Å². The average Bonchev–Trinajstić information content (AvgIpc) is 2.67. The van der Waals surface area contributed by atoms with Crippen LogP contribution in [0.4, 0.5) is 5.69 Å². The number of halogens is 1. The van der Waals surface area contributed by atoms with Crippen molar-refractivity contribution in [2.75, 3.05) is 24.7 Å². The standard InChI is InChI=1S/C16H19BrN2O3/c1-9-4-5-12-13(14(9)17)15(20)16(21)19(12)8-18-6-10(2)22-11(3)7-18/h4-5,10-11H,6-8H2,1-3H3/t10-,11-/m1/s1. The third-order valence-electron chi connectivity index (χ3n) is 4.11. The summed E-state index contributed by atoms with van der Waals surface area (Å²) in [5.41, 5.74) is 2.13. The molecule has 118 valence electrons. The number of carbonyl (C=O) groups is 2. The molecule has 0 aromatic heterocycles. The molecule has 0 spiro atoms. The van der Waals surface area contributed by atoms with E-state index in [2.05, 4.69) is 20.8 Å². The molecule has 2 atom stereocenters. The van der Waals surface area contributed by atoms with Crippen molar-refractivity contribution in [2.45, 2.75) is 33.0 Å². The molecule has 1 fully saturated rings. The molecule has 22 heavy (non-hydrogen) atoms. The van der Waals surface area contributed by atoms with Gasteiger partial charge in [0.1, 0.15) is 0 Å². The Kier molecular flexibility index (Phi) is 4.09. The van der Waals surface area contributed by atoms with Crippen molar-refractivity contribution in [1.82, 2.24) is 4.90 Å². The monoisotopic (exact) mass is 366 g/mol. The van der Waals surface area contributed by atoms with Gasteiger partial charge in [-0.2, -0.15) is 0 Å². The number of fused-ring (bicyclic) bond motifs is 1. The van der Waals surface area contributed by atoms with Crippen LogP contribution in [0, 0.1) is 6.92 Å². The summed E-state index contributed by atoms with van der Waals surface area (Å²) >= 11 is 3.44. The fourth-order valence-electron chi connectivity index (χ4n) is 3.19. The second-order valence-corrected chi connectivity index (χ2v) is 6.88. The highest BCUT2D eigenvalue weighted by molar-refractivity contribution is 9.10. The molecule has 0 bridgehead atoms. The van der Waals surface area contributed by atoms with E-state index in [4.69, 9.17) is 4.74 Å². The molecule has 6 heteroatoms. The lowest BCUT2D eigenvalue weighted by atomic mass is 10.1. The van der Waals surface area contributed by atoms with Crippen LogP contribution in [0.3, 0.4) is 0 Å². The minimum absolute atomic E-state index is 0.126. The fourth-order valence-corrected chi connectivity index (χ4v) is 3.71. The number of aryl methyl sites for hydroxylation is 1. The Bertz CT molecular complexity index is 637. The first-order chi connectivity index (χ1) is 10.4. The number of amides is 1. The van der Waals surface area contributed by atoms with Gasteiger partial charge in [-0.3, -0.25) is 19.4 Å². The van der Waals surface area contributed by atoms with Crippen molar-refractivity contribution in [3.8, 4) is 0 Å². The zero-order valence-electron chi connectivity index (χ0n) is 12.9. The summed E-state index contributed by atoms with van der Waals surface area (Å²) in [5.74, 6) is -0.881. The summed E-state index contributed by atoms with van der Waals surface area (Å²) < 4.78 is 6.43. The van der Waals surface area contributed by atoms with Crippen LogP contribution in [-0.2, 0) is 9.53 Å². The summed E-state index contributed by atoms with van der Waals surface area (Å²) in [4.78, 5) is 28.4. The van der Waals surface area contributed by atoms with E-state index in [1.165, 1.54) is 0 Å². The van der Waals surface area contributed by atoms with E-state index in [-0.39, 0.29) is 12.2 Å². The van der Waals surface area contributed by atoms with Crippen LogP contribution in [0.15, 0.2) is 16.6 Å². The lowest BCUT2D eigenvalue weighted by molar-refractivity contribution is -0.115. The van der Waals surface area contributed by atoms with Gasteiger partial charge in [0.25, 0.3) is 5.78 Å². The molecule has 0 unspecified atom stereocenters. The molecule has 0 N–H and O–H groups in total.